The summed E-state index contributed by atoms with van der Waals surface area (Å²) in [5.74, 6) is -1.02. The minimum Gasteiger partial charge on any atom is -0.508 e. The van der Waals surface area contributed by atoms with E-state index in [0.717, 1.165) is 11.1 Å². The number of nitroso groups, excluding NO2 is 1. The molecule has 5 nitrogen and oxygen atoms in total. The Bertz CT molecular complexity index is 690. The number of aromatic carboxylic acids is 1. The first-order chi connectivity index (χ1) is 9.86. The summed E-state index contributed by atoms with van der Waals surface area (Å²) in [6.45, 7) is 3.88. The van der Waals surface area contributed by atoms with Gasteiger partial charge >= 0.3 is 5.97 Å². The summed E-state index contributed by atoms with van der Waals surface area (Å²) in [5, 5.41) is 21.3. The highest BCUT2D eigenvalue weighted by Gasteiger charge is 2.25. The Morgan fingerprint density at radius 3 is 2.14 bits per heavy atom. The Balaban J connectivity index is 2.54. The van der Waals surface area contributed by atoms with E-state index >= 15 is 0 Å². The molecular weight excluding hydrogens is 270 g/mol. The summed E-state index contributed by atoms with van der Waals surface area (Å²) in [6.07, 6.45) is 0. The van der Waals surface area contributed by atoms with Gasteiger partial charge in [-0.15, -0.1) is 4.91 Å². The van der Waals surface area contributed by atoms with Crippen molar-refractivity contribution in [2.24, 2.45) is 5.18 Å². The van der Waals surface area contributed by atoms with Gasteiger partial charge in [-0.05, 0) is 40.6 Å². The van der Waals surface area contributed by atoms with Crippen molar-refractivity contribution in [3.05, 3.63) is 64.1 Å². The van der Waals surface area contributed by atoms with Gasteiger partial charge in [0.05, 0.1) is 5.56 Å². The van der Waals surface area contributed by atoms with E-state index in [1.807, 2.05) is 13.8 Å². The van der Waals surface area contributed by atoms with Crippen molar-refractivity contribution >= 4 is 11.7 Å². The SMILES string of the molecule is CC(C)(c1ccc(O)cc1)c1ccc(N=O)c(C(=O)O)c1. The van der Waals surface area contributed by atoms with Gasteiger partial charge in [-0.2, -0.15) is 0 Å². The van der Waals surface area contributed by atoms with Gasteiger partial charge in [-0.25, -0.2) is 4.79 Å². The average Bonchev–Trinajstić information content (AvgIpc) is 2.46. The van der Waals surface area contributed by atoms with E-state index in [1.54, 1.807) is 30.3 Å². The Hall–Kier alpha value is -2.69. The minimum absolute atomic E-state index is 0.0900. The number of phenolic OH excluding ortho intramolecular Hbond substituents is 1. The highest BCUT2D eigenvalue weighted by Crippen LogP contribution is 2.34. The van der Waals surface area contributed by atoms with E-state index in [-0.39, 0.29) is 17.0 Å². The van der Waals surface area contributed by atoms with Gasteiger partial charge in [0.1, 0.15) is 11.4 Å². The lowest BCUT2D eigenvalue weighted by Gasteiger charge is -2.26. The van der Waals surface area contributed by atoms with Crippen LogP contribution >= 0.6 is 0 Å². The van der Waals surface area contributed by atoms with Crippen LogP contribution in [0.4, 0.5) is 5.69 Å². The average molecular weight is 285 g/mol. The van der Waals surface area contributed by atoms with Crippen LogP contribution in [0.1, 0.15) is 35.3 Å². The molecule has 0 fully saturated rings. The maximum atomic E-state index is 11.2. The second-order valence-electron chi connectivity index (χ2n) is 5.30. The first-order valence-electron chi connectivity index (χ1n) is 6.37. The largest absolute Gasteiger partial charge is 0.508 e. The molecule has 0 bridgehead atoms. The van der Waals surface area contributed by atoms with E-state index < -0.39 is 11.4 Å². The smallest absolute Gasteiger partial charge is 0.338 e. The molecule has 2 aromatic rings. The molecule has 108 valence electrons. The van der Waals surface area contributed by atoms with Crippen LogP contribution in [0.15, 0.2) is 47.6 Å². The zero-order valence-electron chi connectivity index (χ0n) is 11.7. The zero-order chi connectivity index (χ0) is 15.6. The number of nitrogens with zero attached hydrogens (tertiary/aromatic N) is 1. The number of aromatic hydroxyl groups is 1. The molecule has 0 spiro atoms. The molecule has 0 amide bonds. The third-order valence-electron chi connectivity index (χ3n) is 3.64. The van der Waals surface area contributed by atoms with Crippen LogP contribution in [0, 0.1) is 4.91 Å². The monoisotopic (exact) mass is 285 g/mol. The highest BCUT2D eigenvalue weighted by molar-refractivity contribution is 5.93. The molecule has 0 saturated carbocycles. The van der Waals surface area contributed by atoms with Crippen LogP contribution in [0.5, 0.6) is 5.75 Å². The number of carboxylic acids is 1. The summed E-state index contributed by atoms with van der Waals surface area (Å²) in [4.78, 5) is 21.9. The van der Waals surface area contributed by atoms with Gasteiger partial charge in [0.25, 0.3) is 0 Å². The number of rotatable bonds is 4. The predicted octanol–water partition coefficient (Wildman–Crippen LogP) is 3.81. The number of carboxylic acid groups (broad SMARTS) is 1. The van der Waals surface area contributed by atoms with Gasteiger partial charge in [-0.1, -0.05) is 32.0 Å². The van der Waals surface area contributed by atoms with Crippen LogP contribution in [0.2, 0.25) is 0 Å². The first kappa shape index (κ1) is 14.7. The molecule has 21 heavy (non-hydrogen) atoms. The van der Waals surface area contributed by atoms with E-state index in [4.69, 9.17) is 5.11 Å². The van der Waals surface area contributed by atoms with Crippen molar-refractivity contribution < 1.29 is 15.0 Å². The van der Waals surface area contributed by atoms with Gasteiger partial charge in [0.15, 0.2) is 0 Å². The molecule has 0 atom stereocenters. The third kappa shape index (κ3) is 2.76. The van der Waals surface area contributed by atoms with Crippen LogP contribution in [0.3, 0.4) is 0 Å². The molecule has 0 heterocycles. The molecule has 5 heteroatoms. The molecular formula is C16H15NO4. The molecule has 2 N–H and O–H groups in total. The highest BCUT2D eigenvalue weighted by atomic mass is 16.4. The molecule has 0 saturated heterocycles. The van der Waals surface area contributed by atoms with Crippen molar-refractivity contribution in [3.8, 4) is 5.75 Å². The molecule has 0 aliphatic rings. The standard InChI is InChI=1S/C16H15NO4/c1-16(2,10-3-6-12(18)7-4-10)11-5-8-14(17-21)13(9-11)15(19)20/h3-9,18H,1-2H3,(H,19,20). The number of hydrogen-bond acceptors (Lipinski definition) is 4. The molecule has 0 aliphatic carbocycles. The third-order valence-corrected chi connectivity index (χ3v) is 3.64. The fourth-order valence-electron chi connectivity index (χ4n) is 2.22. The van der Waals surface area contributed by atoms with E-state index in [1.165, 1.54) is 12.1 Å². The van der Waals surface area contributed by atoms with Crippen LogP contribution < -0.4 is 0 Å². The predicted molar refractivity (Wildman–Crippen MR) is 79.1 cm³/mol. The molecule has 0 unspecified atom stereocenters. The fourth-order valence-corrected chi connectivity index (χ4v) is 2.22. The lowest BCUT2D eigenvalue weighted by molar-refractivity contribution is 0.0697. The summed E-state index contributed by atoms with van der Waals surface area (Å²) >= 11 is 0. The zero-order valence-corrected chi connectivity index (χ0v) is 11.7. The van der Waals surface area contributed by atoms with Gasteiger partial charge in [-0.3, -0.25) is 0 Å². The van der Waals surface area contributed by atoms with Crippen molar-refractivity contribution in [3.63, 3.8) is 0 Å². The normalized spacial score (nSPS) is 11.1. The lowest BCUT2D eigenvalue weighted by atomic mass is 9.77. The second kappa shape index (κ2) is 5.36. The van der Waals surface area contributed by atoms with Gasteiger partial charge in [0.2, 0.25) is 0 Å². The van der Waals surface area contributed by atoms with Crippen LogP contribution in [-0.2, 0) is 5.41 Å². The lowest BCUT2D eigenvalue weighted by Crippen LogP contribution is -2.19. The maximum absolute atomic E-state index is 11.2. The summed E-state index contributed by atoms with van der Waals surface area (Å²) in [7, 11) is 0. The molecule has 2 aromatic carbocycles. The maximum Gasteiger partial charge on any atom is 0.338 e. The van der Waals surface area contributed by atoms with Gasteiger partial charge < -0.3 is 10.2 Å². The van der Waals surface area contributed by atoms with Crippen molar-refractivity contribution in [2.75, 3.05) is 0 Å². The van der Waals surface area contributed by atoms with Crippen molar-refractivity contribution in [1.29, 1.82) is 0 Å². The number of phenols is 1. The second-order valence-corrected chi connectivity index (χ2v) is 5.30. The Labute approximate surface area is 121 Å². The van der Waals surface area contributed by atoms with Crippen molar-refractivity contribution in [2.45, 2.75) is 19.3 Å². The Kier molecular flexibility index (Phi) is 3.76. The minimum atomic E-state index is -1.19. The molecule has 0 aliphatic heterocycles. The summed E-state index contributed by atoms with van der Waals surface area (Å²) < 4.78 is 0. The fraction of sp³-hybridized carbons (Fsp3) is 0.188. The van der Waals surface area contributed by atoms with E-state index in [0.29, 0.717) is 0 Å². The Morgan fingerprint density at radius 2 is 1.62 bits per heavy atom. The quantitative estimate of drug-likeness (QED) is 0.836. The Morgan fingerprint density at radius 1 is 1.05 bits per heavy atom. The summed E-state index contributed by atoms with van der Waals surface area (Å²) in [6, 6.07) is 11.3. The number of hydrogen-bond donors (Lipinski definition) is 2. The topological polar surface area (TPSA) is 87.0 Å². The van der Waals surface area contributed by atoms with E-state index in [2.05, 4.69) is 5.18 Å². The van der Waals surface area contributed by atoms with Crippen molar-refractivity contribution in [1.82, 2.24) is 0 Å². The van der Waals surface area contributed by atoms with E-state index in [9.17, 15) is 14.8 Å². The molecule has 2 rings (SSSR count). The molecule has 0 radical (unpaired) electrons. The summed E-state index contributed by atoms with van der Waals surface area (Å²) in [5.41, 5.74) is 0.989. The van der Waals surface area contributed by atoms with Gasteiger partial charge in [0, 0.05) is 5.41 Å². The number of benzene rings is 2. The number of carbonyl (C=O) groups is 1. The molecule has 0 aromatic heterocycles. The van der Waals surface area contributed by atoms with Crippen LogP contribution in [0.25, 0.3) is 0 Å². The van der Waals surface area contributed by atoms with Crippen LogP contribution in [-0.4, -0.2) is 16.2 Å². The first-order valence-corrected chi connectivity index (χ1v) is 6.37.